The van der Waals surface area contributed by atoms with Crippen molar-refractivity contribution < 1.29 is 4.79 Å². The van der Waals surface area contributed by atoms with Crippen LogP contribution in [0.4, 0.5) is 0 Å². The highest BCUT2D eigenvalue weighted by atomic mass is 35.5. The van der Waals surface area contributed by atoms with Gasteiger partial charge in [0, 0.05) is 30.2 Å². The predicted molar refractivity (Wildman–Crippen MR) is 77.8 cm³/mol. The molecule has 0 unspecified atom stereocenters. The zero-order valence-electron chi connectivity index (χ0n) is 10.8. The molecule has 1 N–H and O–H groups in total. The van der Waals surface area contributed by atoms with E-state index in [1.807, 2.05) is 0 Å². The van der Waals surface area contributed by atoms with Crippen molar-refractivity contribution in [3.63, 3.8) is 0 Å². The fraction of sp³-hybridized carbons (Fsp3) is 0.571. The second-order valence-electron chi connectivity index (χ2n) is 5.23. The van der Waals surface area contributed by atoms with Crippen molar-refractivity contribution >= 4 is 29.1 Å². The lowest BCUT2D eigenvalue weighted by Gasteiger charge is -2.35. The van der Waals surface area contributed by atoms with E-state index in [2.05, 4.69) is 10.3 Å². The Morgan fingerprint density at radius 2 is 2.11 bits per heavy atom. The van der Waals surface area contributed by atoms with Gasteiger partial charge in [0.2, 0.25) is 0 Å². The van der Waals surface area contributed by atoms with Crippen molar-refractivity contribution in [2.24, 2.45) is 5.41 Å². The van der Waals surface area contributed by atoms with E-state index in [0.717, 1.165) is 12.8 Å². The molecule has 104 valence electrons. The summed E-state index contributed by atoms with van der Waals surface area (Å²) in [5.74, 6) is 0.444. The van der Waals surface area contributed by atoms with Gasteiger partial charge in [-0.1, -0.05) is 30.9 Å². The smallest absolute Gasteiger partial charge is 0.252 e. The van der Waals surface area contributed by atoms with Crippen molar-refractivity contribution in [1.82, 2.24) is 10.3 Å². The number of halogens is 2. The van der Waals surface area contributed by atoms with Gasteiger partial charge in [-0.2, -0.15) is 0 Å². The van der Waals surface area contributed by atoms with Gasteiger partial charge in [0.25, 0.3) is 5.91 Å². The monoisotopic (exact) mass is 300 g/mol. The van der Waals surface area contributed by atoms with Gasteiger partial charge < -0.3 is 5.32 Å². The summed E-state index contributed by atoms with van der Waals surface area (Å²) < 4.78 is 0. The number of carbonyl (C=O) groups excluding carboxylic acids is 1. The quantitative estimate of drug-likeness (QED) is 0.862. The van der Waals surface area contributed by atoms with Crippen LogP contribution in [0.5, 0.6) is 0 Å². The van der Waals surface area contributed by atoms with Crippen LogP contribution in [0.25, 0.3) is 0 Å². The van der Waals surface area contributed by atoms with Crippen LogP contribution in [0.3, 0.4) is 0 Å². The fourth-order valence-electron chi connectivity index (χ4n) is 2.58. The molecule has 0 aliphatic heterocycles. The lowest BCUT2D eigenvalue weighted by Crippen LogP contribution is -2.40. The Morgan fingerprint density at radius 3 is 2.74 bits per heavy atom. The molecule has 1 aromatic heterocycles. The first-order valence-electron chi connectivity index (χ1n) is 6.61. The molecule has 0 atom stereocenters. The van der Waals surface area contributed by atoms with Crippen molar-refractivity contribution in [3.8, 4) is 0 Å². The number of hydrogen-bond acceptors (Lipinski definition) is 2. The van der Waals surface area contributed by atoms with Crippen LogP contribution >= 0.6 is 23.2 Å². The summed E-state index contributed by atoms with van der Waals surface area (Å²) in [4.78, 5) is 16.0. The number of nitrogens with one attached hydrogen (secondary N) is 1. The average Bonchev–Trinajstić information content (AvgIpc) is 2.46. The predicted octanol–water partition coefficient (Wildman–Crippen LogP) is 3.65. The van der Waals surface area contributed by atoms with Gasteiger partial charge in [-0.15, -0.1) is 11.6 Å². The first-order chi connectivity index (χ1) is 9.17. The van der Waals surface area contributed by atoms with Gasteiger partial charge in [-0.3, -0.25) is 9.78 Å². The molecule has 1 aliphatic carbocycles. The van der Waals surface area contributed by atoms with Crippen LogP contribution in [0.2, 0.25) is 5.02 Å². The van der Waals surface area contributed by atoms with E-state index in [1.54, 1.807) is 12.3 Å². The maximum absolute atomic E-state index is 12.1. The topological polar surface area (TPSA) is 42.0 Å². The number of nitrogens with zero attached hydrogens (tertiary/aromatic N) is 1. The third-order valence-corrected chi connectivity index (χ3v) is 4.71. The maximum Gasteiger partial charge on any atom is 0.252 e. The molecule has 1 heterocycles. The molecular weight excluding hydrogens is 283 g/mol. The number of rotatable bonds is 4. The molecule has 19 heavy (non-hydrogen) atoms. The van der Waals surface area contributed by atoms with Gasteiger partial charge >= 0.3 is 0 Å². The largest absolute Gasteiger partial charge is 0.351 e. The van der Waals surface area contributed by atoms with Gasteiger partial charge in [-0.05, 0) is 18.9 Å². The molecular formula is C14H18Cl2N2O. The van der Waals surface area contributed by atoms with Crippen molar-refractivity contribution in [2.45, 2.75) is 32.1 Å². The van der Waals surface area contributed by atoms with Crippen LogP contribution < -0.4 is 5.32 Å². The summed E-state index contributed by atoms with van der Waals surface area (Å²) in [5, 5.41) is 3.34. The normalized spacial score (nSPS) is 18.0. The maximum atomic E-state index is 12.1. The van der Waals surface area contributed by atoms with Crippen LogP contribution in [0.1, 0.15) is 42.5 Å². The number of carbonyl (C=O) groups is 1. The highest BCUT2D eigenvalue weighted by molar-refractivity contribution is 6.33. The first-order valence-corrected chi connectivity index (χ1v) is 7.52. The van der Waals surface area contributed by atoms with E-state index in [0.29, 0.717) is 23.0 Å². The number of hydrogen-bond donors (Lipinski definition) is 1. The van der Waals surface area contributed by atoms with Gasteiger partial charge in [-0.25, -0.2) is 0 Å². The Hall–Kier alpha value is -0.800. The van der Waals surface area contributed by atoms with E-state index >= 15 is 0 Å². The van der Waals surface area contributed by atoms with Gasteiger partial charge in [0.15, 0.2) is 0 Å². The molecule has 0 aromatic carbocycles. The Morgan fingerprint density at radius 1 is 1.37 bits per heavy atom. The van der Waals surface area contributed by atoms with Crippen molar-refractivity contribution in [1.29, 1.82) is 0 Å². The van der Waals surface area contributed by atoms with Crippen LogP contribution in [0.15, 0.2) is 18.5 Å². The molecule has 0 saturated heterocycles. The first kappa shape index (κ1) is 14.6. The fourth-order valence-corrected chi connectivity index (χ4v) is 3.15. The van der Waals surface area contributed by atoms with E-state index in [4.69, 9.17) is 23.2 Å². The summed E-state index contributed by atoms with van der Waals surface area (Å²) in [6, 6.07) is 1.63. The Kier molecular flexibility index (Phi) is 5.06. The third kappa shape index (κ3) is 3.61. The zero-order valence-corrected chi connectivity index (χ0v) is 12.3. The molecule has 1 amide bonds. The van der Waals surface area contributed by atoms with Crippen LogP contribution in [-0.4, -0.2) is 23.3 Å². The third-order valence-electron chi connectivity index (χ3n) is 3.84. The summed E-state index contributed by atoms with van der Waals surface area (Å²) in [6.07, 6.45) is 8.87. The highest BCUT2D eigenvalue weighted by Crippen LogP contribution is 2.36. The molecule has 3 nitrogen and oxygen atoms in total. The van der Waals surface area contributed by atoms with Crippen LogP contribution in [0, 0.1) is 5.41 Å². The molecule has 0 bridgehead atoms. The second kappa shape index (κ2) is 6.58. The minimum Gasteiger partial charge on any atom is -0.351 e. The standard InChI is InChI=1S/C14H18Cl2N2O/c15-9-14(5-2-1-3-6-14)10-18-13(19)11-4-7-17-8-12(11)16/h4,7-8H,1-3,5-6,9-10H2,(H,18,19). The van der Waals surface area contributed by atoms with E-state index in [1.165, 1.54) is 25.5 Å². The van der Waals surface area contributed by atoms with Crippen molar-refractivity contribution in [2.75, 3.05) is 12.4 Å². The average molecular weight is 301 g/mol. The van der Waals surface area contributed by atoms with Crippen LogP contribution in [-0.2, 0) is 0 Å². The number of alkyl halides is 1. The second-order valence-corrected chi connectivity index (χ2v) is 5.91. The SMILES string of the molecule is O=C(NCC1(CCl)CCCCC1)c1ccncc1Cl. The minimum absolute atomic E-state index is 0.0506. The summed E-state index contributed by atoms with van der Waals surface area (Å²) >= 11 is 12.1. The van der Waals surface area contributed by atoms with Crippen molar-refractivity contribution in [3.05, 3.63) is 29.0 Å². The molecule has 1 aromatic rings. The van der Waals surface area contributed by atoms with Gasteiger partial charge in [0.05, 0.1) is 10.6 Å². The molecule has 0 spiro atoms. The van der Waals surface area contributed by atoms with E-state index in [-0.39, 0.29) is 11.3 Å². The lowest BCUT2D eigenvalue weighted by atomic mass is 9.75. The molecule has 2 rings (SSSR count). The minimum atomic E-state index is -0.150. The molecule has 1 saturated carbocycles. The highest BCUT2D eigenvalue weighted by Gasteiger charge is 2.31. The van der Waals surface area contributed by atoms with E-state index in [9.17, 15) is 4.79 Å². The zero-order chi connectivity index (χ0) is 13.7. The summed E-state index contributed by atoms with van der Waals surface area (Å²) in [6.45, 7) is 0.619. The number of pyridine rings is 1. The Balaban J connectivity index is 1.98. The number of amides is 1. The molecule has 1 aliphatic rings. The molecule has 1 fully saturated rings. The van der Waals surface area contributed by atoms with E-state index < -0.39 is 0 Å². The Bertz CT molecular complexity index is 445. The molecule has 5 heteroatoms. The van der Waals surface area contributed by atoms with Gasteiger partial charge in [0.1, 0.15) is 0 Å². The Labute approximate surface area is 123 Å². The number of aromatic nitrogens is 1. The molecule has 0 radical (unpaired) electrons. The lowest BCUT2D eigenvalue weighted by molar-refractivity contribution is 0.0921. The summed E-state index contributed by atoms with van der Waals surface area (Å²) in [5.41, 5.74) is 0.520. The summed E-state index contributed by atoms with van der Waals surface area (Å²) in [7, 11) is 0.